The molecule has 1 N–H and O–H groups in total. The third-order valence-electron chi connectivity index (χ3n) is 4.08. The Balaban J connectivity index is 1.84. The van der Waals surface area contributed by atoms with Crippen LogP contribution in [0.5, 0.6) is 0 Å². The van der Waals surface area contributed by atoms with Crippen LogP contribution in [-0.2, 0) is 22.4 Å². The Hall–Kier alpha value is -2.34. The van der Waals surface area contributed by atoms with Crippen molar-refractivity contribution in [1.29, 1.82) is 0 Å². The van der Waals surface area contributed by atoms with Crippen molar-refractivity contribution >= 4 is 34.3 Å². The van der Waals surface area contributed by atoms with Gasteiger partial charge < -0.3 is 14.5 Å². The van der Waals surface area contributed by atoms with Gasteiger partial charge in [0, 0.05) is 11.0 Å². The van der Waals surface area contributed by atoms with Crippen LogP contribution in [0, 0.1) is 0 Å². The predicted molar refractivity (Wildman–Crippen MR) is 97.9 cm³/mol. The monoisotopic (exact) mass is 359 g/mol. The van der Waals surface area contributed by atoms with Gasteiger partial charge in [0.05, 0.1) is 18.4 Å². The lowest BCUT2D eigenvalue weighted by molar-refractivity contribution is -0.111. The molecule has 0 atom stereocenters. The van der Waals surface area contributed by atoms with Crippen molar-refractivity contribution in [1.82, 2.24) is 0 Å². The molecule has 25 heavy (non-hydrogen) atoms. The molecule has 0 bridgehead atoms. The predicted octanol–water partition coefficient (Wildman–Crippen LogP) is 4.44. The molecule has 132 valence electrons. The third-order valence-corrected chi connectivity index (χ3v) is 5.29. The molecule has 0 spiro atoms. The van der Waals surface area contributed by atoms with Crippen LogP contribution in [-0.4, -0.2) is 18.5 Å². The van der Waals surface area contributed by atoms with E-state index in [1.165, 1.54) is 22.3 Å². The van der Waals surface area contributed by atoms with Crippen molar-refractivity contribution in [3.8, 4) is 0 Å². The zero-order valence-corrected chi connectivity index (χ0v) is 15.0. The largest absolute Gasteiger partial charge is 0.465 e. The molecule has 1 aliphatic carbocycles. The number of carbonyl (C=O) groups excluding carboxylic acids is 2. The van der Waals surface area contributed by atoms with Crippen LogP contribution in [0.15, 0.2) is 28.9 Å². The van der Waals surface area contributed by atoms with Crippen molar-refractivity contribution in [2.75, 3.05) is 11.9 Å². The minimum absolute atomic E-state index is 0.293. The summed E-state index contributed by atoms with van der Waals surface area (Å²) in [6.07, 6.45) is 9.69. The molecular weight excluding hydrogens is 338 g/mol. The highest BCUT2D eigenvalue weighted by Crippen LogP contribution is 2.38. The van der Waals surface area contributed by atoms with Gasteiger partial charge in [-0.25, -0.2) is 4.79 Å². The van der Waals surface area contributed by atoms with E-state index < -0.39 is 0 Å². The van der Waals surface area contributed by atoms with E-state index in [1.807, 2.05) is 0 Å². The minimum Gasteiger partial charge on any atom is -0.465 e. The fraction of sp³-hybridized carbons (Fsp3) is 0.368. The van der Waals surface area contributed by atoms with Crippen molar-refractivity contribution in [2.24, 2.45) is 0 Å². The number of aryl methyl sites for hydroxylation is 1. The van der Waals surface area contributed by atoms with E-state index in [1.54, 1.807) is 31.4 Å². The molecule has 0 unspecified atom stereocenters. The molecule has 1 aliphatic rings. The third kappa shape index (κ3) is 4.20. The fourth-order valence-electron chi connectivity index (χ4n) is 2.95. The van der Waals surface area contributed by atoms with Crippen LogP contribution in [0.2, 0.25) is 0 Å². The Kier molecular flexibility index (Phi) is 5.71. The van der Waals surface area contributed by atoms with E-state index >= 15 is 0 Å². The van der Waals surface area contributed by atoms with Crippen LogP contribution in [0.1, 0.15) is 52.7 Å². The second-order valence-corrected chi connectivity index (χ2v) is 6.93. The Morgan fingerprint density at radius 3 is 2.92 bits per heavy atom. The van der Waals surface area contributed by atoms with Crippen LogP contribution >= 0.6 is 11.3 Å². The topological polar surface area (TPSA) is 68.5 Å². The van der Waals surface area contributed by atoms with E-state index in [4.69, 9.17) is 9.15 Å². The van der Waals surface area contributed by atoms with Crippen molar-refractivity contribution in [3.05, 3.63) is 46.2 Å². The molecule has 2 heterocycles. The molecule has 5 nitrogen and oxygen atoms in total. The van der Waals surface area contributed by atoms with E-state index in [0.717, 1.165) is 37.7 Å². The van der Waals surface area contributed by atoms with Gasteiger partial charge in [-0.15, -0.1) is 11.3 Å². The van der Waals surface area contributed by atoms with Crippen LogP contribution in [0.25, 0.3) is 6.08 Å². The van der Waals surface area contributed by atoms with E-state index in [-0.39, 0.29) is 11.9 Å². The molecule has 2 aromatic rings. The summed E-state index contributed by atoms with van der Waals surface area (Å²) in [7, 11) is 0. The first-order valence-corrected chi connectivity index (χ1v) is 9.35. The van der Waals surface area contributed by atoms with Crippen LogP contribution < -0.4 is 5.32 Å². The van der Waals surface area contributed by atoms with E-state index in [0.29, 0.717) is 22.9 Å². The lowest BCUT2D eigenvalue weighted by Crippen LogP contribution is -2.13. The zero-order valence-electron chi connectivity index (χ0n) is 14.2. The number of rotatable bonds is 5. The van der Waals surface area contributed by atoms with Crippen molar-refractivity contribution in [2.45, 2.75) is 39.0 Å². The highest BCUT2D eigenvalue weighted by Gasteiger charge is 2.26. The summed E-state index contributed by atoms with van der Waals surface area (Å²) in [5.41, 5.74) is 1.58. The summed E-state index contributed by atoms with van der Waals surface area (Å²) in [4.78, 5) is 25.9. The lowest BCUT2D eigenvalue weighted by atomic mass is 10.1. The quantitative estimate of drug-likeness (QED) is 0.487. The second kappa shape index (κ2) is 8.16. The summed E-state index contributed by atoms with van der Waals surface area (Å²) >= 11 is 1.49. The van der Waals surface area contributed by atoms with Gasteiger partial charge in [0.1, 0.15) is 10.8 Å². The molecule has 6 heteroatoms. The Labute approximate surface area is 150 Å². The van der Waals surface area contributed by atoms with E-state index in [9.17, 15) is 9.59 Å². The summed E-state index contributed by atoms with van der Waals surface area (Å²) in [6.45, 7) is 2.10. The smallest absolute Gasteiger partial charge is 0.341 e. The zero-order chi connectivity index (χ0) is 17.6. The number of fused-ring (bicyclic) bond motifs is 1. The first kappa shape index (κ1) is 17.5. The number of carbonyl (C=O) groups is 2. The molecule has 0 aromatic carbocycles. The number of hydrogen-bond donors (Lipinski definition) is 1. The fourth-order valence-corrected chi connectivity index (χ4v) is 4.23. The first-order chi connectivity index (χ1) is 12.2. The highest BCUT2D eigenvalue weighted by atomic mass is 32.1. The Morgan fingerprint density at radius 2 is 2.16 bits per heavy atom. The SMILES string of the molecule is CCOC(=O)c1c(NC(=O)C=Cc2ccco2)sc2c1CCCCC2. The normalized spacial score (nSPS) is 14.1. The van der Waals surface area contributed by atoms with Gasteiger partial charge in [0.25, 0.3) is 0 Å². The van der Waals surface area contributed by atoms with Crippen LogP contribution in [0.3, 0.4) is 0 Å². The van der Waals surface area contributed by atoms with Gasteiger partial charge in [0.15, 0.2) is 0 Å². The number of anilines is 1. The lowest BCUT2D eigenvalue weighted by Gasteiger charge is -2.07. The van der Waals surface area contributed by atoms with Crippen LogP contribution in [0.4, 0.5) is 5.00 Å². The van der Waals surface area contributed by atoms with Gasteiger partial charge >= 0.3 is 5.97 Å². The standard InChI is InChI=1S/C19H21NO4S/c1-2-23-19(22)17-14-8-4-3-5-9-15(14)25-18(17)20-16(21)11-10-13-7-6-12-24-13/h6-7,10-12H,2-5,8-9H2,1H3,(H,20,21). The molecule has 0 aliphatic heterocycles. The number of hydrogen-bond acceptors (Lipinski definition) is 5. The van der Waals surface area contributed by atoms with Gasteiger partial charge in [0.2, 0.25) is 5.91 Å². The molecule has 0 saturated heterocycles. The van der Waals surface area contributed by atoms with Crippen molar-refractivity contribution in [3.63, 3.8) is 0 Å². The summed E-state index contributed by atoms with van der Waals surface area (Å²) in [5.74, 6) is -0.0479. The van der Waals surface area contributed by atoms with E-state index in [2.05, 4.69) is 5.32 Å². The number of nitrogens with one attached hydrogen (secondary N) is 1. The Morgan fingerprint density at radius 1 is 1.32 bits per heavy atom. The molecule has 0 fully saturated rings. The molecular formula is C19H21NO4S. The first-order valence-electron chi connectivity index (χ1n) is 8.53. The molecule has 3 rings (SSSR count). The number of thiophene rings is 1. The number of furan rings is 1. The Bertz CT molecular complexity index is 774. The maximum atomic E-state index is 12.4. The number of amides is 1. The number of ether oxygens (including phenoxy) is 1. The average Bonchev–Trinajstić information content (AvgIpc) is 3.16. The van der Waals surface area contributed by atoms with Crippen molar-refractivity contribution < 1.29 is 18.7 Å². The molecule has 0 radical (unpaired) electrons. The average molecular weight is 359 g/mol. The minimum atomic E-state index is -0.354. The maximum absolute atomic E-state index is 12.4. The van der Waals surface area contributed by atoms with Gasteiger partial charge in [-0.3, -0.25) is 4.79 Å². The highest BCUT2D eigenvalue weighted by molar-refractivity contribution is 7.17. The van der Waals surface area contributed by atoms with Gasteiger partial charge in [-0.2, -0.15) is 0 Å². The summed E-state index contributed by atoms with van der Waals surface area (Å²) in [6, 6.07) is 3.52. The van der Waals surface area contributed by atoms with Gasteiger partial charge in [-0.1, -0.05) is 6.42 Å². The number of esters is 1. The second-order valence-electron chi connectivity index (χ2n) is 5.83. The molecule has 1 amide bonds. The summed E-state index contributed by atoms with van der Waals surface area (Å²) < 4.78 is 10.4. The summed E-state index contributed by atoms with van der Waals surface area (Å²) in [5, 5.41) is 3.42. The maximum Gasteiger partial charge on any atom is 0.341 e. The molecule has 0 saturated carbocycles. The molecule has 2 aromatic heterocycles. The van der Waals surface area contributed by atoms with Gasteiger partial charge in [-0.05, 0) is 56.4 Å².